The van der Waals surface area contributed by atoms with Crippen LogP contribution in [0, 0.1) is 0 Å². The van der Waals surface area contributed by atoms with Crippen molar-refractivity contribution in [2.45, 2.75) is 5.66 Å². The maximum atomic E-state index is 6.66. The smallest absolute Gasteiger partial charge is 0.425 e. The highest BCUT2D eigenvalue weighted by Crippen LogP contribution is 2.57. The molecule has 0 saturated heterocycles. The van der Waals surface area contributed by atoms with E-state index in [2.05, 4.69) is 92.4 Å². The molecule has 1 spiro atoms. The van der Waals surface area contributed by atoms with Crippen molar-refractivity contribution in [3.8, 4) is 11.5 Å². The molecule has 0 saturated carbocycles. The first kappa shape index (κ1) is 16.0. The number of fused-ring (bicyclic) bond motifs is 3. The zero-order valence-corrected chi connectivity index (χ0v) is 17.8. The lowest BCUT2D eigenvalue weighted by atomic mass is 9.85. The number of ether oxygens (including phenoxy) is 1. The number of hydrogen-bond donors (Lipinski definition) is 0. The average Bonchev–Trinajstić information content (AvgIpc) is 3.39. The summed E-state index contributed by atoms with van der Waals surface area (Å²) in [5.74, 6) is 1.85. The molecule has 5 heteroatoms. The van der Waals surface area contributed by atoms with Gasteiger partial charge in [0.1, 0.15) is 11.5 Å². The fraction of sp³-hybridized carbons (Fsp3) is 0.0345. The largest absolute Gasteiger partial charge is 0.456 e. The Balaban J connectivity index is 1.60. The molecule has 0 amide bonds. The van der Waals surface area contributed by atoms with Crippen LogP contribution in [0.15, 0.2) is 85.5 Å². The Hall–Kier alpha value is -4.64. The normalized spacial score (nSPS) is 18.4. The van der Waals surface area contributed by atoms with Crippen LogP contribution in [0.4, 0.5) is 0 Å². The number of pyridine rings is 2. The Morgan fingerprint density at radius 3 is 2.15 bits per heavy atom. The Morgan fingerprint density at radius 1 is 0.588 bits per heavy atom. The molecule has 34 heavy (non-hydrogen) atoms. The molecule has 4 aromatic carbocycles. The van der Waals surface area contributed by atoms with E-state index < -0.39 is 5.66 Å². The van der Waals surface area contributed by atoms with Crippen molar-refractivity contribution in [3.63, 3.8) is 0 Å². The summed E-state index contributed by atoms with van der Waals surface area (Å²) < 4.78 is 11.6. The van der Waals surface area contributed by atoms with Gasteiger partial charge >= 0.3 is 5.66 Å². The minimum Gasteiger partial charge on any atom is -0.456 e. The molecule has 0 radical (unpaired) electrons. The van der Waals surface area contributed by atoms with Gasteiger partial charge in [-0.1, -0.05) is 12.1 Å². The van der Waals surface area contributed by atoms with Crippen LogP contribution in [0.5, 0.6) is 11.5 Å². The van der Waals surface area contributed by atoms with Crippen molar-refractivity contribution in [2.24, 2.45) is 0 Å². The lowest BCUT2D eigenvalue weighted by molar-refractivity contribution is -0.945. The van der Waals surface area contributed by atoms with Crippen LogP contribution in [0.1, 0.15) is 11.1 Å². The molecule has 154 valence electrons. The summed E-state index contributed by atoms with van der Waals surface area (Å²) >= 11 is 0. The molecule has 7 aromatic rings. The van der Waals surface area contributed by atoms with E-state index in [4.69, 9.17) is 4.74 Å². The van der Waals surface area contributed by atoms with E-state index >= 15 is 0 Å². The van der Waals surface area contributed by atoms with Crippen molar-refractivity contribution >= 4 is 54.1 Å². The van der Waals surface area contributed by atoms with Crippen molar-refractivity contribution in [1.29, 1.82) is 0 Å². The van der Waals surface area contributed by atoms with Gasteiger partial charge in [0.25, 0.3) is 0 Å². The second kappa shape index (κ2) is 4.82. The van der Waals surface area contributed by atoms with Crippen LogP contribution in [0.2, 0.25) is 0 Å². The van der Waals surface area contributed by atoms with Crippen LogP contribution in [-0.2, 0) is 5.66 Å². The maximum absolute atomic E-state index is 6.66. The Labute approximate surface area is 192 Å². The van der Waals surface area contributed by atoms with Crippen LogP contribution in [0.25, 0.3) is 54.1 Å². The molecule has 3 aromatic heterocycles. The third-order valence-corrected chi connectivity index (χ3v) is 8.23. The van der Waals surface area contributed by atoms with Gasteiger partial charge in [0.05, 0.1) is 28.6 Å². The second-order valence-corrected chi connectivity index (χ2v) is 9.51. The first-order chi connectivity index (χ1) is 16.9. The molecular formula is C29H14N4O+2. The molecule has 6 heterocycles. The van der Waals surface area contributed by atoms with Crippen LogP contribution >= 0.6 is 0 Å². The summed E-state index contributed by atoms with van der Waals surface area (Å²) in [6.07, 6.45) is 8.26. The van der Waals surface area contributed by atoms with E-state index in [9.17, 15) is 0 Å². The number of nitrogens with zero attached hydrogens (tertiary/aromatic N) is 4. The Kier molecular flexibility index (Phi) is 2.28. The van der Waals surface area contributed by atoms with E-state index in [1.807, 2.05) is 12.4 Å². The summed E-state index contributed by atoms with van der Waals surface area (Å²) in [7, 11) is 0. The Bertz CT molecular complexity index is 2170. The summed E-state index contributed by atoms with van der Waals surface area (Å²) in [6.45, 7) is 0. The quantitative estimate of drug-likeness (QED) is 0.253. The zero-order chi connectivity index (χ0) is 21.8. The molecule has 3 aliphatic rings. The highest BCUT2D eigenvalue weighted by molar-refractivity contribution is 6.25. The molecule has 1 atom stereocenters. The number of rotatable bonds is 0. The highest BCUT2D eigenvalue weighted by Gasteiger charge is 2.69. The minimum atomic E-state index is -0.536. The molecule has 1 unspecified atom stereocenters. The van der Waals surface area contributed by atoms with Gasteiger partial charge in [0, 0.05) is 28.3 Å². The fourth-order valence-electron chi connectivity index (χ4n) is 7.13. The van der Waals surface area contributed by atoms with Crippen LogP contribution in [0.3, 0.4) is 0 Å². The van der Waals surface area contributed by atoms with E-state index in [-0.39, 0.29) is 0 Å². The van der Waals surface area contributed by atoms with Gasteiger partial charge in [-0.3, -0.25) is 0 Å². The first-order valence-electron chi connectivity index (χ1n) is 11.5. The number of aromatic nitrogens is 4. The van der Waals surface area contributed by atoms with E-state index in [0.29, 0.717) is 0 Å². The number of benzene rings is 4. The van der Waals surface area contributed by atoms with E-state index in [0.717, 1.165) is 22.3 Å². The summed E-state index contributed by atoms with van der Waals surface area (Å²) in [5, 5.41) is 18.1. The first-order valence-corrected chi connectivity index (χ1v) is 11.5. The molecule has 10 rings (SSSR count). The van der Waals surface area contributed by atoms with Crippen molar-refractivity contribution in [3.05, 3.63) is 96.6 Å². The molecule has 0 bridgehead atoms. The number of hydrogen-bond acceptors (Lipinski definition) is 3. The zero-order valence-electron chi connectivity index (χ0n) is 17.8. The van der Waals surface area contributed by atoms with Gasteiger partial charge in [0.15, 0.2) is 23.5 Å². The van der Waals surface area contributed by atoms with Gasteiger partial charge in [0.2, 0.25) is 11.0 Å². The molecule has 0 aliphatic carbocycles. The fourth-order valence-corrected chi connectivity index (χ4v) is 7.13. The highest BCUT2D eigenvalue weighted by atomic mass is 16.5. The standard InChI is InChI=1S/C29H14N4O/c1-3-16-6-5-15-7-9-21-25-23(15)27(16)32(11-1)29(25)26-22(34-21)10-8-17-19-13-30-31-14-20(19)18-4-2-12-33(29)28(18)24(17)26/h1-14H/q+2. The predicted molar refractivity (Wildman–Crippen MR) is 128 cm³/mol. The van der Waals surface area contributed by atoms with Crippen LogP contribution in [-0.4, -0.2) is 10.2 Å². The second-order valence-electron chi connectivity index (χ2n) is 9.51. The van der Waals surface area contributed by atoms with Crippen molar-refractivity contribution < 1.29 is 13.9 Å². The molecule has 0 fully saturated rings. The van der Waals surface area contributed by atoms with Gasteiger partial charge in [-0.15, -0.1) is 9.13 Å². The predicted octanol–water partition coefficient (Wildman–Crippen LogP) is 4.85. The summed E-state index contributed by atoms with van der Waals surface area (Å²) in [5.41, 5.74) is 4.39. The van der Waals surface area contributed by atoms with Crippen LogP contribution < -0.4 is 13.9 Å². The SMILES string of the molecule is c1cc2ccc3ccc4c5c3c2[n+](c1)C51c2c(ccc3c5cnncc5c5ccc[n+]1c5c23)O4. The molecule has 0 N–H and O–H groups in total. The van der Waals surface area contributed by atoms with E-state index in [1.165, 1.54) is 54.5 Å². The van der Waals surface area contributed by atoms with Gasteiger partial charge < -0.3 is 4.74 Å². The third-order valence-electron chi connectivity index (χ3n) is 8.23. The van der Waals surface area contributed by atoms with Crippen molar-refractivity contribution in [1.82, 2.24) is 10.2 Å². The lowest BCUT2D eigenvalue weighted by Crippen LogP contribution is -2.72. The van der Waals surface area contributed by atoms with E-state index in [1.54, 1.807) is 0 Å². The molecular weight excluding hydrogens is 420 g/mol. The van der Waals surface area contributed by atoms with Gasteiger partial charge in [-0.25, -0.2) is 0 Å². The van der Waals surface area contributed by atoms with Gasteiger partial charge in [-0.05, 0) is 47.2 Å². The topological polar surface area (TPSA) is 42.8 Å². The average molecular weight is 434 g/mol. The van der Waals surface area contributed by atoms with Gasteiger partial charge in [-0.2, -0.15) is 10.2 Å². The summed E-state index contributed by atoms with van der Waals surface area (Å²) in [6, 6.07) is 21.8. The molecule has 3 aliphatic heterocycles. The minimum absolute atomic E-state index is 0.536. The third kappa shape index (κ3) is 1.38. The van der Waals surface area contributed by atoms with Crippen molar-refractivity contribution in [2.75, 3.05) is 0 Å². The monoisotopic (exact) mass is 434 g/mol. The molecule has 5 nitrogen and oxygen atoms in total. The Morgan fingerprint density at radius 2 is 1.26 bits per heavy atom. The maximum Gasteiger partial charge on any atom is 0.425 e. The summed E-state index contributed by atoms with van der Waals surface area (Å²) in [4.78, 5) is 0. The lowest BCUT2D eigenvalue weighted by Gasteiger charge is -2.26.